The quantitative estimate of drug-likeness (QED) is 0.613. The van der Waals surface area contributed by atoms with Gasteiger partial charge in [0.2, 0.25) is 5.91 Å². The highest BCUT2D eigenvalue weighted by Gasteiger charge is 2.39. The van der Waals surface area contributed by atoms with Crippen LogP contribution in [0.25, 0.3) is 0 Å². The number of primary amides is 1. The molecule has 5 nitrogen and oxygen atoms in total. The largest absolute Gasteiger partial charge is 0.416 e. The van der Waals surface area contributed by atoms with Gasteiger partial charge in [-0.05, 0) is 80.2 Å². The Bertz CT molecular complexity index is 821. The van der Waals surface area contributed by atoms with Crippen molar-refractivity contribution in [1.82, 2.24) is 15.6 Å². The zero-order valence-corrected chi connectivity index (χ0v) is 16.7. The summed E-state index contributed by atoms with van der Waals surface area (Å²) in [5, 5.41) is 6.63. The fourth-order valence-corrected chi connectivity index (χ4v) is 3.99. The molecule has 1 aromatic heterocycles. The number of nitrogens with one attached hydrogen (secondary N) is 2. The van der Waals surface area contributed by atoms with E-state index >= 15 is 0 Å². The summed E-state index contributed by atoms with van der Waals surface area (Å²) in [6, 6.07) is 8.22. The average Bonchev–Trinajstić information content (AvgIpc) is 2.74. The Hall–Kier alpha value is -2.45. The lowest BCUT2D eigenvalue weighted by Crippen LogP contribution is -2.54. The number of hydrogen-bond donors (Lipinski definition) is 3. The SMILES string of the molecule is NC(=O)C(Cc1ccncc1)(NCCC1CCNCC1)c1ccc(C(F)(F)F)cc1. The predicted octanol–water partition coefficient (Wildman–Crippen LogP) is 3.00. The number of rotatable bonds is 8. The fraction of sp³-hybridized carbons (Fsp3) is 0.455. The monoisotopic (exact) mass is 420 g/mol. The second-order valence-electron chi connectivity index (χ2n) is 7.79. The number of hydrogen-bond acceptors (Lipinski definition) is 4. The lowest BCUT2D eigenvalue weighted by molar-refractivity contribution is -0.137. The van der Waals surface area contributed by atoms with E-state index in [4.69, 9.17) is 5.73 Å². The van der Waals surface area contributed by atoms with E-state index in [0.29, 0.717) is 18.0 Å². The summed E-state index contributed by atoms with van der Waals surface area (Å²) in [5.41, 5.74) is 5.02. The second kappa shape index (κ2) is 9.57. The molecule has 0 bridgehead atoms. The lowest BCUT2D eigenvalue weighted by Gasteiger charge is -2.34. The first kappa shape index (κ1) is 22.2. The summed E-state index contributed by atoms with van der Waals surface area (Å²) in [4.78, 5) is 16.7. The molecule has 30 heavy (non-hydrogen) atoms. The van der Waals surface area contributed by atoms with Crippen LogP contribution >= 0.6 is 0 Å². The van der Waals surface area contributed by atoms with Crippen molar-refractivity contribution in [3.05, 3.63) is 65.5 Å². The molecule has 0 spiro atoms. The summed E-state index contributed by atoms with van der Waals surface area (Å²) < 4.78 is 39.0. The topological polar surface area (TPSA) is 80.0 Å². The molecule has 0 saturated carbocycles. The first-order chi connectivity index (χ1) is 14.3. The highest BCUT2D eigenvalue weighted by Crippen LogP contribution is 2.32. The van der Waals surface area contributed by atoms with Crippen molar-refractivity contribution in [3.8, 4) is 0 Å². The summed E-state index contributed by atoms with van der Waals surface area (Å²) >= 11 is 0. The van der Waals surface area contributed by atoms with Gasteiger partial charge in [-0.3, -0.25) is 15.1 Å². The van der Waals surface area contributed by atoms with Crippen molar-refractivity contribution >= 4 is 5.91 Å². The highest BCUT2D eigenvalue weighted by atomic mass is 19.4. The van der Waals surface area contributed by atoms with Gasteiger partial charge in [0.25, 0.3) is 0 Å². The maximum Gasteiger partial charge on any atom is 0.416 e. The molecule has 1 unspecified atom stereocenters. The maximum atomic E-state index is 13.0. The first-order valence-corrected chi connectivity index (χ1v) is 10.1. The van der Waals surface area contributed by atoms with E-state index in [2.05, 4.69) is 15.6 Å². The molecule has 0 aliphatic carbocycles. The summed E-state index contributed by atoms with van der Waals surface area (Å²) in [7, 11) is 0. The van der Waals surface area contributed by atoms with Gasteiger partial charge in [-0.25, -0.2) is 0 Å². The number of nitrogens with zero attached hydrogens (tertiary/aromatic N) is 1. The van der Waals surface area contributed by atoms with E-state index in [-0.39, 0.29) is 6.42 Å². The molecule has 4 N–H and O–H groups in total. The van der Waals surface area contributed by atoms with Crippen molar-refractivity contribution in [2.45, 2.75) is 37.4 Å². The Morgan fingerprint density at radius 2 is 1.67 bits per heavy atom. The van der Waals surface area contributed by atoms with Crippen molar-refractivity contribution < 1.29 is 18.0 Å². The molecular formula is C22H27F3N4O. The molecule has 1 amide bonds. The van der Waals surface area contributed by atoms with Crippen LogP contribution in [0.3, 0.4) is 0 Å². The summed E-state index contributed by atoms with van der Waals surface area (Å²) in [6.07, 6.45) is 2.01. The van der Waals surface area contributed by atoms with Crippen LogP contribution in [0.2, 0.25) is 0 Å². The molecule has 2 heterocycles. The molecule has 3 rings (SSSR count). The van der Waals surface area contributed by atoms with Crippen molar-refractivity contribution in [2.75, 3.05) is 19.6 Å². The molecular weight excluding hydrogens is 393 g/mol. The minimum absolute atomic E-state index is 0.225. The number of alkyl halides is 3. The Morgan fingerprint density at radius 1 is 1.07 bits per heavy atom. The Labute approximate surface area is 174 Å². The van der Waals surface area contributed by atoms with E-state index in [1.165, 1.54) is 12.1 Å². The number of amides is 1. The number of benzene rings is 1. The van der Waals surface area contributed by atoms with E-state index in [0.717, 1.165) is 50.0 Å². The van der Waals surface area contributed by atoms with Crippen LogP contribution in [-0.2, 0) is 22.9 Å². The van der Waals surface area contributed by atoms with E-state index in [9.17, 15) is 18.0 Å². The van der Waals surface area contributed by atoms with Gasteiger partial charge in [-0.15, -0.1) is 0 Å². The van der Waals surface area contributed by atoms with Crippen LogP contribution in [0.5, 0.6) is 0 Å². The van der Waals surface area contributed by atoms with Crippen LogP contribution in [0.1, 0.15) is 36.0 Å². The number of nitrogens with two attached hydrogens (primary N) is 1. The number of halogens is 3. The van der Waals surface area contributed by atoms with E-state index in [1.807, 2.05) is 0 Å². The van der Waals surface area contributed by atoms with Crippen LogP contribution in [-0.4, -0.2) is 30.5 Å². The van der Waals surface area contributed by atoms with Gasteiger partial charge in [0, 0.05) is 18.8 Å². The maximum absolute atomic E-state index is 13.0. The number of carbonyl (C=O) groups excluding carboxylic acids is 1. The first-order valence-electron chi connectivity index (χ1n) is 10.1. The van der Waals surface area contributed by atoms with Gasteiger partial charge in [-0.2, -0.15) is 13.2 Å². The lowest BCUT2D eigenvalue weighted by atomic mass is 9.82. The summed E-state index contributed by atoms with van der Waals surface area (Å²) in [5.74, 6) is -0.0813. The summed E-state index contributed by atoms with van der Waals surface area (Å²) in [6.45, 7) is 2.49. The third kappa shape index (κ3) is 5.37. The van der Waals surface area contributed by atoms with Gasteiger partial charge in [0.05, 0.1) is 5.56 Å². The molecule has 2 aromatic rings. The third-order valence-corrected chi connectivity index (χ3v) is 5.78. The molecule has 1 aliphatic heterocycles. The molecule has 1 aromatic carbocycles. The second-order valence-corrected chi connectivity index (χ2v) is 7.79. The van der Waals surface area contributed by atoms with Crippen LogP contribution < -0.4 is 16.4 Å². The smallest absolute Gasteiger partial charge is 0.368 e. The highest BCUT2D eigenvalue weighted by molar-refractivity contribution is 5.86. The van der Waals surface area contributed by atoms with Gasteiger partial charge < -0.3 is 11.1 Å². The molecule has 8 heteroatoms. The van der Waals surface area contributed by atoms with Crippen molar-refractivity contribution in [1.29, 1.82) is 0 Å². The molecule has 1 aliphatic rings. The minimum Gasteiger partial charge on any atom is -0.368 e. The van der Waals surface area contributed by atoms with Crippen molar-refractivity contribution in [3.63, 3.8) is 0 Å². The molecule has 1 saturated heterocycles. The van der Waals surface area contributed by atoms with Crippen LogP contribution in [0.15, 0.2) is 48.8 Å². The zero-order chi connectivity index (χ0) is 21.6. The van der Waals surface area contributed by atoms with Gasteiger partial charge in [0.15, 0.2) is 0 Å². The van der Waals surface area contributed by atoms with E-state index in [1.54, 1.807) is 24.5 Å². The standard InChI is InChI=1S/C22H27F3N4O/c23-22(24,25)19-3-1-18(2-4-19)21(20(26)30,15-17-7-12-28-13-8-17)29-14-9-16-5-10-27-11-6-16/h1-4,7-8,12-13,16,27,29H,5-6,9-11,14-15H2,(H2,26,30). The zero-order valence-electron chi connectivity index (χ0n) is 16.7. The number of piperidine rings is 1. The fourth-order valence-electron chi connectivity index (χ4n) is 3.99. The molecule has 1 atom stereocenters. The van der Waals surface area contributed by atoms with Gasteiger partial charge >= 0.3 is 6.18 Å². The Kier molecular flexibility index (Phi) is 7.10. The molecule has 1 fully saturated rings. The van der Waals surface area contributed by atoms with Gasteiger partial charge in [0.1, 0.15) is 5.54 Å². The number of aromatic nitrogens is 1. The molecule has 162 valence electrons. The Morgan fingerprint density at radius 3 is 2.23 bits per heavy atom. The van der Waals surface area contributed by atoms with Gasteiger partial charge in [-0.1, -0.05) is 12.1 Å². The molecule has 0 radical (unpaired) electrons. The average molecular weight is 420 g/mol. The number of pyridine rings is 1. The van der Waals surface area contributed by atoms with E-state index < -0.39 is 23.2 Å². The minimum atomic E-state index is -4.44. The Balaban J connectivity index is 1.88. The van der Waals surface area contributed by atoms with Crippen LogP contribution in [0, 0.1) is 5.92 Å². The normalized spacial score (nSPS) is 17.4. The number of carbonyl (C=O) groups is 1. The van der Waals surface area contributed by atoms with Crippen molar-refractivity contribution in [2.24, 2.45) is 11.7 Å². The van der Waals surface area contributed by atoms with Crippen LogP contribution in [0.4, 0.5) is 13.2 Å². The predicted molar refractivity (Wildman–Crippen MR) is 108 cm³/mol. The third-order valence-electron chi connectivity index (χ3n) is 5.78.